The third-order valence-corrected chi connectivity index (χ3v) is 4.56. The van der Waals surface area contributed by atoms with Crippen LogP contribution in [0.15, 0.2) is 53.7 Å². The summed E-state index contributed by atoms with van der Waals surface area (Å²) in [5.74, 6) is -0.940. The molecule has 118 valence electrons. The van der Waals surface area contributed by atoms with Crippen molar-refractivity contribution in [3.05, 3.63) is 59.6 Å². The topological polar surface area (TPSA) is 89.8 Å². The summed E-state index contributed by atoms with van der Waals surface area (Å²) in [5.41, 5.74) is 0.601. The fourth-order valence-electron chi connectivity index (χ4n) is 1.92. The number of rotatable bonds is 4. The van der Waals surface area contributed by atoms with Crippen molar-refractivity contribution in [2.24, 2.45) is 0 Å². The molecule has 0 aliphatic rings. The minimum Gasteiger partial charge on any atom is -0.277 e. The van der Waals surface area contributed by atoms with Crippen LogP contribution in [0.3, 0.4) is 0 Å². The molecule has 0 saturated carbocycles. The highest BCUT2D eigenvalue weighted by Gasteiger charge is 2.21. The molecular weight excluding hydrogens is 345 g/mol. The Morgan fingerprint density at radius 3 is 2.65 bits per heavy atom. The highest BCUT2D eigenvalue weighted by molar-refractivity contribution is 7.92. The number of para-hydroxylation sites is 2. The molecule has 0 saturated heterocycles. The molecule has 0 aliphatic heterocycles. The minimum absolute atomic E-state index is 0.107. The predicted octanol–water partition coefficient (Wildman–Crippen LogP) is 2.26. The summed E-state index contributed by atoms with van der Waals surface area (Å²) in [5, 5.41) is 10.8. The molecule has 0 bridgehead atoms. The Hall–Kier alpha value is -2.52. The summed E-state index contributed by atoms with van der Waals surface area (Å²) in [6.45, 7) is 0. The first kappa shape index (κ1) is 15.4. The van der Waals surface area contributed by atoms with Gasteiger partial charge in [-0.05, 0) is 40.8 Å². The number of nitrogens with one attached hydrogen (secondary N) is 1. The number of anilines is 1. The van der Waals surface area contributed by atoms with Gasteiger partial charge in [-0.1, -0.05) is 23.7 Å². The lowest BCUT2D eigenvalue weighted by Gasteiger charge is -2.12. The zero-order valence-corrected chi connectivity index (χ0v) is 13.0. The molecule has 3 aromatic rings. The monoisotopic (exact) mass is 353 g/mol. The van der Waals surface area contributed by atoms with Crippen LogP contribution in [0, 0.1) is 5.82 Å². The highest BCUT2D eigenvalue weighted by Crippen LogP contribution is 2.25. The van der Waals surface area contributed by atoms with E-state index in [0.717, 1.165) is 12.1 Å². The van der Waals surface area contributed by atoms with Gasteiger partial charge in [0, 0.05) is 5.02 Å². The second-order valence-corrected chi connectivity index (χ2v) is 6.54. The van der Waals surface area contributed by atoms with E-state index < -0.39 is 20.7 Å². The smallest absolute Gasteiger partial charge is 0.264 e. The van der Waals surface area contributed by atoms with Crippen LogP contribution in [0.4, 0.5) is 10.1 Å². The molecule has 0 radical (unpaired) electrons. The third kappa shape index (κ3) is 3.15. The third-order valence-electron chi connectivity index (χ3n) is 2.93. The largest absolute Gasteiger partial charge is 0.277 e. The van der Waals surface area contributed by atoms with Crippen LogP contribution in [0.5, 0.6) is 0 Å². The van der Waals surface area contributed by atoms with Crippen molar-refractivity contribution in [3.63, 3.8) is 0 Å². The zero-order valence-electron chi connectivity index (χ0n) is 11.4. The second kappa shape index (κ2) is 5.94. The summed E-state index contributed by atoms with van der Waals surface area (Å²) in [7, 11) is -4.14. The van der Waals surface area contributed by atoms with Gasteiger partial charge in [0.1, 0.15) is 17.0 Å². The maximum atomic E-state index is 13.9. The Balaban J connectivity index is 2.02. The molecular formula is C13H9ClFN5O2S. The Bertz CT molecular complexity index is 947. The van der Waals surface area contributed by atoms with Crippen LogP contribution in [0.25, 0.3) is 5.69 Å². The lowest BCUT2D eigenvalue weighted by atomic mass is 10.3. The molecule has 1 aromatic heterocycles. The van der Waals surface area contributed by atoms with Crippen molar-refractivity contribution >= 4 is 27.3 Å². The molecule has 0 aliphatic carbocycles. The molecule has 0 atom stereocenters. The number of benzene rings is 2. The summed E-state index contributed by atoms with van der Waals surface area (Å²) in [6, 6.07) is 9.78. The van der Waals surface area contributed by atoms with Crippen molar-refractivity contribution in [2.75, 3.05) is 4.72 Å². The molecule has 0 fully saturated rings. The zero-order chi connectivity index (χ0) is 16.4. The maximum absolute atomic E-state index is 13.9. The summed E-state index contributed by atoms with van der Waals surface area (Å²) in [6.07, 6.45) is 1.32. The van der Waals surface area contributed by atoms with Crippen LogP contribution in [0.2, 0.25) is 5.02 Å². The van der Waals surface area contributed by atoms with E-state index in [2.05, 4.69) is 20.2 Å². The first-order valence-electron chi connectivity index (χ1n) is 6.27. The van der Waals surface area contributed by atoms with Gasteiger partial charge in [-0.3, -0.25) is 4.72 Å². The number of halogens is 2. The number of nitrogens with zero attached hydrogens (tertiary/aromatic N) is 4. The Morgan fingerprint density at radius 2 is 1.96 bits per heavy atom. The molecule has 1 N–H and O–H groups in total. The number of tetrazole rings is 1. The molecule has 23 heavy (non-hydrogen) atoms. The molecule has 10 heteroatoms. The van der Waals surface area contributed by atoms with Crippen LogP contribution < -0.4 is 4.72 Å². The van der Waals surface area contributed by atoms with Crippen LogP contribution in [-0.4, -0.2) is 28.6 Å². The van der Waals surface area contributed by atoms with E-state index in [4.69, 9.17) is 11.6 Å². The Morgan fingerprint density at radius 1 is 1.17 bits per heavy atom. The molecule has 3 rings (SSSR count). The van der Waals surface area contributed by atoms with E-state index in [1.54, 1.807) is 18.2 Å². The average molecular weight is 354 g/mol. The maximum Gasteiger partial charge on any atom is 0.264 e. The van der Waals surface area contributed by atoms with Crippen molar-refractivity contribution in [1.82, 2.24) is 20.2 Å². The molecule has 7 nitrogen and oxygen atoms in total. The van der Waals surface area contributed by atoms with Crippen LogP contribution in [0.1, 0.15) is 0 Å². The normalized spacial score (nSPS) is 11.4. The van der Waals surface area contributed by atoms with Gasteiger partial charge in [-0.15, -0.1) is 5.10 Å². The lowest BCUT2D eigenvalue weighted by molar-refractivity contribution is 0.570. The first-order chi connectivity index (χ1) is 11.0. The van der Waals surface area contributed by atoms with Crippen molar-refractivity contribution in [3.8, 4) is 5.69 Å². The van der Waals surface area contributed by atoms with Crippen molar-refractivity contribution in [2.45, 2.75) is 4.90 Å². The van der Waals surface area contributed by atoms with Gasteiger partial charge in [0.15, 0.2) is 0 Å². The van der Waals surface area contributed by atoms with E-state index in [9.17, 15) is 12.8 Å². The van der Waals surface area contributed by atoms with Crippen LogP contribution >= 0.6 is 11.6 Å². The van der Waals surface area contributed by atoms with Gasteiger partial charge in [0.05, 0.1) is 11.4 Å². The van der Waals surface area contributed by atoms with E-state index in [1.807, 2.05) is 0 Å². The van der Waals surface area contributed by atoms with Gasteiger partial charge >= 0.3 is 0 Å². The minimum atomic E-state index is -4.14. The van der Waals surface area contributed by atoms with E-state index in [1.165, 1.54) is 23.1 Å². The van der Waals surface area contributed by atoms with Crippen molar-refractivity contribution in [1.29, 1.82) is 0 Å². The molecule has 0 amide bonds. The molecule has 2 aromatic carbocycles. The second-order valence-electron chi connectivity index (χ2n) is 4.45. The fourth-order valence-corrected chi connectivity index (χ4v) is 3.22. The van der Waals surface area contributed by atoms with Gasteiger partial charge in [-0.25, -0.2) is 12.8 Å². The Kier molecular flexibility index (Phi) is 3.97. The quantitative estimate of drug-likeness (QED) is 0.777. The molecule has 1 heterocycles. The summed E-state index contributed by atoms with van der Waals surface area (Å²) >= 11 is 5.64. The van der Waals surface area contributed by atoms with Crippen molar-refractivity contribution < 1.29 is 12.8 Å². The van der Waals surface area contributed by atoms with E-state index in [0.29, 0.717) is 5.69 Å². The van der Waals surface area contributed by atoms with E-state index in [-0.39, 0.29) is 10.7 Å². The van der Waals surface area contributed by atoms with E-state index >= 15 is 0 Å². The SMILES string of the molecule is O=S(=O)(Nc1ccccc1-n1cnnn1)c1ccc(Cl)cc1F. The Labute approximate surface area is 135 Å². The molecule has 0 unspecified atom stereocenters. The summed E-state index contributed by atoms with van der Waals surface area (Å²) in [4.78, 5) is -0.506. The van der Waals surface area contributed by atoms with Gasteiger partial charge in [-0.2, -0.15) is 4.68 Å². The number of sulfonamides is 1. The van der Waals surface area contributed by atoms with Crippen LogP contribution in [-0.2, 0) is 10.0 Å². The number of aromatic nitrogens is 4. The molecule has 0 spiro atoms. The first-order valence-corrected chi connectivity index (χ1v) is 8.14. The average Bonchev–Trinajstić information content (AvgIpc) is 3.01. The van der Waals surface area contributed by atoms with Gasteiger partial charge in [0.25, 0.3) is 10.0 Å². The fraction of sp³-hybridized carbons (Fsp3) is 0. The summed E-state index contributed by atoms with van der Waals surface area (Å²) < 4.78 is 42.3. The van der Waals surface area contributed by atoms with Gasteiger partial charge in [0.2, 0.25) is 0 Å². The lowest BCUT2D eigenvalue weighted by Crippen LogP contribution is -2.16. The standard InChI is InChI=1S/C13H9ClFN5O2S/c14-9-5-6-13(10(15)7-9)23(21,22)17-11-3-1-2-4-12(11)20-8-16-18-19-20/h1-8,17H. The highest BCUT2D eigenvalue weighted by atomic mass is 35.5. The van der Waals surface area contributed by atoms with Gasteiger partial charge < -0.3 is 0 Å². The number of hydrogen-bond donors (Lipinski definition) is 1. The predicted molar refractivity (Wildman–Crippen MR) is 81.4 cm³/mol. The number of hydrogen-bond acceptors (Lipinski definition) is 5.